The maximum atomic E-state index is 12.5. The number of nitrogens with one attached hydrogen (secondary N) is 1. The van der Waals surface area contributed by atoms with E-state index < -0.39 is 26.0 Å². The van der Waals surface area contributed by atoms with E-state index in [-0.39, 0.29) is 21.0 Å². The predicted molar refractivity (Wildman–Crippen MR) is 100 cm³/mol. The highest BCUT2D eigenvalue weighted by molar-refractivity contribution is 7.92. The van der Waals surface area contributed by atoms with Gasteiger partial charge in [0.25, 0.3) is 10.0 Å². The molecule has 2 aromatic rings. The highest BCUT2D eigenvalue weighted by Gasteiger charge is 2.27. The molecule has 0 bridgehead atoms. The van der Waals surface area contributed by atoms with E-state index in [0.717, 1.165) is 12.8 Å². The number of primary amides is 1. The number of benzene rings is 2. The standard InChI is InChI=1S/C17H19N3O5S2/c18-17(21)13-4-3-5-14(12-13)19-26(22,23)15-6-8-16(9-7-15)27(24,25)20-10-1-2-11-20/h3-9,12,19H,1-2,10-11H2,(H2,18,21). The third-order valence-electron chi connectivity index (χ3n) is 4.24. The Labute approximate surface area is 158 Å². The van der Waals surface area contributed by atoms with Crippen LogP contribution in [0.5, 0.6) is 0 Å². The number of carbonyl (C=O) groups is 1. The molecule has 0 atom stereocenters. The van der Waals surface area contributed by atoms with Gasteiger partial charge in [-0.1, -0.05) is 6.07 Å². The Kier molecular flexibility index (Phi) is 5.22. The fourth-order valence-corrected chi connectivity index (χ4v) is 5.38. The van der Waals surface area contributed by atoms with Gasteiger partial charge in [0.05, 0.1) is 9.79 Å². The number of amides is 1. The topological polar surface area (TPSA) is 127 Å². The zero-order valence-electron chi connectivity index (χ0n) is 14.3. The molecular formula is C17H19N3O5S2. The summed E-state index contributed by atoms with van der Waals surface area (Å²) in [5, 5.41) is 0. The zero-order valence-corrected chi connectivity index (χ0v) is 16.0. The second kappa shape index (κ2) is 7.29. The van der Waals surface area contributed by atoms with E-state index >= 15 is 0 Å². The highest BCUT2D eigenvalue weighted by atomic mass is 32.2. The summed E-state index contributed by atoms with van der Waals surface area (Å²) >= 11 is 0. The van der Waals surface area contributed by atoms with E-state index in [1.807, 2.05) is 0 Å². The summed E-state index contributed by atoms with van der Waals surface area (Å²) in [6.45, 7) is 0.945. The Morgan fingerprint density at radius 2 is 1.52 bits per heavy atom. The number of hydrogen-bond acceptors (Lipinski definition) is 5. The first-order chi connectivity index (χ1) is 12.7. The van der Waals surface area contributed by atoms with Gasteiger partial charge in [-0.15, -0.1) is 0 Å². The van der Waals surface area contributed by atoms with Gasteiger partial charge in [0.1, 0.15) is 0 Å². The molecule has 3 rings (SSSR count). The third-order valence-corrected chi connectivity index (χ3v) is 7.55. The van der Waals surface area contributed by atoms with Gasteiger partial charge in [-0.25, -0.2) is 16.8 Å². The fraction of sp³-hybridized carbons (Fsp3) is 0.235. The minimum absolute atomic E-state index is 0.0547. The van der Waals surface area contributed by atoms with Crippen LogP contribution in [-0.2, 0) is 20.0 Å². The Balaban J connectivity index is 1.83. The van der Waals surface area contributed by atoms with Crippen LogP contribution in [-0.4, -0.2) is 40.1 Å². The maximum absolute atomic E-state index is 12.5. The molecule has 1 heterocycles. The molecule has 144 valence electrons. The van der Waals surface area contributed by atoms with Gasteiger partial charge >= 0.3 is 0 Å². The van der Waals surface area contributed by atoms with Crippen molar-refractivity contribution in [3.05, 3.63) is 54.1 Å². The molecule has 1 aliphatic heterocycles. The van der Waals surface area contributed by atoms with Crippen molar-refractivity contribution in [3.63, 3.8) is 0 Å². The monoisotopic (exact) mass is 409 g/mol. The van der Waals surface area contributed by atoms with Gasteiger partial charge in [-0.3, -0.25) is 9.52 Å². The lowest BCUT2D eigenvalue weighted by Crippen LogP contribution is -2.27. The van der Waals surface area contributed by atoms with Gasteiger partial charge in [0.2, 0.25) is 15.9 Å². The van der Waals surface area contributed by atoms with Crippen LogP contribution in [0.2, 0.25) is 0 Å². The van der Waals surface area contributed by atoms with Crippen molar-refractivity contribution in [2.45, 2.75) is 22.6 Å². The largest absolute Gasteiger partial charge is 0.366 e. The van der Waals surface area contributed by atoms with E-state index in [1.165, 1.54) is 52.8 Å². The normalized spacial score (nSPS) is 15.6. The summed E-state index contributed by atoms with van der Waals surface area (Å²) in [6.07, 6.45) is 1.64. The van der Waals surface area contributed by atoms with E-state index in [9.17, 15) is 21.6 Å². The minimum Gasteiger partial charge on any atom is -0.366 e. The first kappa shape index (κ1) is 19.3. The minimum atomic E-state index is -3.95. The Morgan fingerprint density at radius 1 is 0.926 bits per heavy atom. The molecule has 0 aromatic heterocycles. The van der Waals surface area contributed by atoms with Gasteiger partial charge < -0.3 is 5.73 Å². The molecule has 8 nitrogen and oxygen atoms in total. The smallest absolute Gasteiger partial charge is 0.261 e. The number of nitrogens with zero attached hydrogens (tertiary/aromatic N) is 1. The van der Waals surface area contributed by atoms with E-state index in [0.29, 0.717) is 13.1 Å². The number of sulfonamides is 2. The molecular weight excluding hydrogens is 390 g/mol. The van der Waals surface area contributed by atoms with E-state index in [4.69, 9.17) is 5.73 Å². The lowest BCUT2D eigenvalue weighted by atomic mass is 10.2. The van der Waals surface area contributed by atoms with Crippen molar-refractivity contribution in [1.29, 1.82) is 0 Å². The molecule has 10 heteroatoms. The molecule has 0 spiro atoms. The molecule has 0 saturated carbocycles. The number of anilines is 1. The molecule has 0 unspecified atom stereocenters. The Hall–Kier alpha value is -2.43. The van der Waals surface area contributed by atoms with Crippen LogP contribution in [0.15, 0.2) is 58.3 Å². The van der Waals surface area contributed by atoms with Crippen LogP contribution in [0.25, 0.3) is 0 Å². The van der Waals surface area contributed by atoms with Crippen LogP contribution < -0.4 is 10.5 Å². The van der Waals surface area contributed by atoms with Gasteiger partial charge in [-0.05, 0) is 55.3 Å². The van der Waals surface area contributed by atoms with Crippen LogP contribution >= 0.6 is 0 Å². The summed E-state index contributed by atoms with van der Waals surface area (Å²) in [7, 11) is -7.56. The fourth-order valence-electron chi connectivity index (χ4n) is 2.82. The quantitative estimate of drug-likeness (QED) is 0.745. The third kappa shape index (κ3) is 4.12. The van der Waals surface area contributed by atoms with E-state index in [2.05, 4.69) is 4.72 Å². The lowest BCUT2D eigenvalue weighted by Gasteiger charge is -2.15. The summed E-state index contributed by atoms with van der Waals surface area (Å²) in [5.74, 6) is -0.674. The molecule has 0 aliphatic carbocycles. The van der Waals surface area contributed by atoms with Crippen LogP contribution in [0.4, 0.5) is 5.69 Å². The van der Waals surface area contributed by atoms with E-state index in [1.54, 1.807) is 0 Å². The number of rotatable bonds is 6. The maximum Gasteiger partial charge on any atom is 0.261 e. The Morgan fingerprint density at radius 3 is 2.11 bits per heavy atom. The van der Waals surface area contributed by atoms with Crippen LogP contribution in [0.3, 0.4) is 0 Å². The average Bonchev–Trinajstić information content (AvgIpc) is 3.17. The first-order valence-corrected chi connectivity index (χ1v) is 11.2. The van der Waals surface area contributed by atoms with Gasteiger partial charge in [0, 0.05) is 24.3 Å². The first-order valence-electron chi connectivity index (χ1n) is 8.23. The summed E-state index contributed by atoms with van der Waals surface area (Å²) in [4.78, 5) is 11.2. The van der Waals surface area contributed by atoms with Crippen molar-refractivity contribution >= 4 is 31.6 Å². The van der Waals surface area contributed by atoms with Crippen molar-refractivity contribution in [3.8, 4) is 0 Å². The second-order valence-corrected chi connectivity index (χ2v) is 9.75. The predicted octanol–water partition coefficient (Wildman–Crippen LogP) is 1.37. The summed E-state index contributed by atoms with van der Waals surface area (Å²) < 4.78 is 53.8. The SMILES string of the molecule is NC(=O)c1cccc(NS(=O)(=O)c2ccc(S(=O)(=O)N3CCCC3)cc2)c1. The molecule has 1 amide bonds. The zero-order chi connectivity index (χ0) is 19.7. The van der Waals surface area contributed by atoms with Crippen molar-refractivity contribution in [1.82, 2.24) is 4.31 Å². The van der Waals surface area contributed by atoms with Crippen LogP contribution in [0.1, 0.15) is 23.2 Å². The number of nitrogens with two attached hydrogens (primary N) is 1. The Bertz CT molecular complexity index is 1060. The molecule has 2 aromatic carbocycles. The molecule has 3 N–H and O–H groups in total. The average molecular weight is 409 g/mol. The molecule has 1 fully saturated rings. The molecule has 1 saturated heterocycles. The molecule has 0 radical (unpaired) electrons. The molecule has 1 aliphatic rings. The lowest BCUT2D eigenvalue weighted by molar-refractivity contribution is 0.100. The van der Waals surface area contributed by atoms with Crippen molar-refractivity contribution in [2.75, 3.05) is 17.8 Å². The van der Waals surface area contributed by atoms with Gasteiger partial charge in [-0.2, -0.15) is 4.31 Å². The molecule has 27 heavy (non-hydrogen) atoms. The second-order valence-electron chi connectivity index (χ2n) is 6.13. The summed E-state index contributed by atoms with van der Waals surface area (Å²) in [6, 6.07) is 10.8. The summed E-state index contributed by atoms with van der Waals surface area (Å²) in [5.41, 5.74) is 5.54. The van der Waals surface area contributed by atoms with Crippen LogP contribution in [0, 0.1) is 0 Å². The van der Waals surface area contributed by atoms with Crippen molar-refractivity contribution in [2.24, 2.45) is 5.73 Å². The number of carbonyl (C=O) groups excluding carboxylic acids is 1. The number of hydrogen-bond donors (Lipinski definition) is 2. The highest BCUT2D eigenvalue weighted by Crippen LogP contribution is 2.23. The van der Waals surface area contributed by atoms with Crippen molar-refractivity contribution < 1.29 is 21.6 Å². The van der Waals surface area contributed by atoms with Gasteiger partial charge in [0.15, 0.2) is 0 Å².